The van der Waals surface area contributed by atoms with Gasteiger partial charge in [0.15, 0.2) is 0 Å². The van der Waals surface area contributed by atoms with Crippen LogP contribution in [-0.2, 0) is 14.3 Å². The molecule has 4 nitrogen and oxygen atoms in total. The summed E-state index contributed by atoms with van der Waals surface area (Å²) in [6.07, 6.45) is 5.84. The van der Waals surface area contributed by atoms with Crippen molar-refractivity contribution in [2.45, 2.75) is 53.4 Å². The van der Waals surface area contributed by atoms with E-state index in [0.29, 0.717) is 30.8 Å². The smallest absolute Gasteiger partial charge is 0.306 e. The average molecular weight is 321 g/mol. The van der Waals surface area contributed by atoms with Gasteiger partial charge in [-0.25, -0.2) is 0 Å². The van der Waals surface area contributed by atoms with E-state index >= 15 is 0 Å². The lowest BCUT2D eigenvalue weighted by Gasteiger charge is -2.37. The van der Waals surface area contributed by atoms with Crippen LogP contribution < -0.4 is 5.32 Å². The normalized spacial score (nSPS) is 27.5. The maximum Gasteiger partial charge on any atom is 0.306 e. The van der Waals surface area contributed by atoms with E-state index in [2.05, 4.69) is 32.2 Å². The molecule has 1 N–H and O–H groups in total. The summed E-state index contributed by atoms with van der Waals surface area (Å²) in [7, 11) is 0. The molecule has 0 unspecified atom stereocenters. The molecule has 0 bridgehead atoms. The first kappa shape index (κ1) is 18.0. The van der Waals surface area contributed by atoms with Crippen LogP contribution in [0.2, 0.25) is 0 Å². The van der Waals surface area contributed by atoms with E-state index in [1.165, 1.54) is 5.57 Å². The summed E-state index contributed by atoms with van der Waals surface area (Å²) in [4.78, 5) is 23.7. The molecule has 130 valence electrons. The molecular weight excluding hydrogens is 290 g/mol. The predicted molar refractivity (Wildman–Crippen MR) is 90.7 cm³/mol. The van der Waals surface area contributed by atoms with Gasteiger partial charge < -0.3 is 10.1 Å². The summed E-state index contributed by atoms with van der Waals surface area (Å²) in [6.45, 7) is 9.58. The monoisotopic (exact) mass is 321 g/mol. The Morgan fingerprint density at radius 3 is 2.61 bits per heavy atom. The number of amides is 1. The van der Waals surface area contributed by atoms with Gasteiger partial charge >= 0.3 is 5.97 Å². The fourth-order valence-corrected chi connectivity index (χ4v) is 3.64. The molecule has 2 aliphatic carbocycles. The summed E-state index contributed by atoms with van der Waals surface area (Å²) in [5.74, 6) is 2.05. The molecule has 23 heavy (non-hydrogen) atoms. The van der Waals surface area contributed by atoms with E-state index in [-0.39, 0.29) is 23.7 Å². The molecule has 0 spiro atoms. The van der Waals surface area contributed by atoms with Gasteiger partial charge in [-0.1, -0.05) is 25.5 Å². The zero-order chi connectivity index (χ0) is 17.0. The van der Waals surface area contributed by atoms with Crippen molar-refractivity contribution in [3.8, 4) is 0 Å². The van der Waals surface area contributed by atoms with Gasteiger partial charge in [0, 0.05) is 12.5 Å². The second-order valence-corrected chi connectivity index (χ2v) is 7.44. The molecule has 0 aromatic rings. The quantitative estimate of drug-likeness (QED) is 0.578. The Balaban J connectivity index is 1.98. The first-order valence-electron chi connectivity index (χ1n) is 9.04. The summed E-state index contributed by atoms with van der Waals surface area (Å²) in [5.41, 5.74) is 1.26. The molecular formula is C19H31NO3. The number of allylic oxidation sites excluding steroid dienone is 1. The van der Waals surface area contributed by atoms with E-state index in [1.54, 1.807) is 0 Å². The SMILES string of the molecule is CCOC(=O)C[C@@H]1C[C@@H](C(C)C)[C@H](CNC(=O)C2CC2)C=C1C. The summed E-state index contributed by atoms with van der Waals surface area (Å²) >= 11 is 0. The van der Waals surface area contributed by atoms with Gasteiger partial charge in [-0.2, -0.15) is 0 Å². The van der Waals surface area contributed by atoms with Gasteiger partial charge in [0.1, 0.15) is 0 Å². The van der Waals surface area contributed by atoms with E-state index in [0.717, 1.165) is 25.8 Å². The lowest BCUT2D eigenvalue weighted by Crippen LogP contribution is -2.37. The average Bonchev–Trinajstić information content (AvgIpc) is 3.31. The van der Waals surface area contributed by atoms with E-state index < -0.39 is 0 Å². The second kappa shape index (κ2) is 7.98. The lowest BCUT2D eigenvalue weighted by atomic mass is 9.70. The molecule has 0 saturated heterocycles. The molecule has 0 radical (unpaired) electrons. The maximum atomic E-state index is 11.9. The van der Waals surface area contributed by atoms with Crippen molar-refractivity contribution >= 4 is 11.9 Å². The number of esters is 1. The van der Waals surface area contributed by atoms with Crippen molar-refractivity contribution in [1.82, 2.24) is 5.32 Å². The molecule has 0 heterocycles. The van der Waals surface area contributed by atoms with Crippen LogP contribution in [0.25, 0.3) is 0 Å². The van der Waals surface area contributed by atoms with Crippen LogP contribution in [0.1, 0.15) is 53.4 Å². The van der Waals surface area contributed by atoms with Crippen LogP contribution in [0.5, 0.6) is 0 Å². The Hall–Kier alpha value is -1.32. The van der Waals surface area contributed by atoms with Crippen LogP contribution in [0, 0.1) is 29.6 Å². The van der Waals surface area contributed by atoms with E-state index in [4.69, 9.17) is 4.74 Å². The van der Waals surface area contributed by atoms with Gasteiger partial charge in [0.25, 0.3) is 0 Å². The van der Waals surface area contributed by atoms with Crippen molar-refractivity contribution in [2.75, 3.05) is 13.2 Å². The third-order valence-corrected chi connectivity index (χ3v) is 5.26. The Labute approximate surface area is 140 Å². The van der Waals surface area contributed by atoms with Crippen molar-refractivity contribution in [3.63, 3.8) is 0 Å². The highest BCUT2D eigenvalue weighted by atomic mass is 16.5. The fourth-order valence-electron chi connectivity index (χ4n) is 3.64. The van der Waals surface area contributed by atoms with Crippen LogP contribution >= 0.6 is 0 Å². The lowest BCUT2D eigenvalue weighted by molar-refractivity contribution is -0.144. The highest BCUT2D eigenvalue weighted by Gasteiger charge is 2.34. The molecule has 1 fully saturated rings. The second-order valence-electron chi connectivity index (χ2n) is 7.44. The molecule has 0 aromatic carbocycles. The summed E-state index contributed by atoms with van der Waals surface area (Å²) < 4.78 is 5.10. The van der Waals surface area contributed by atoms with Gasteiger partial charge in [-0.3, -0.25) is 9.59 Å². The number of nitrogens with one attached hydrogen (secondary N) is 1. The molecule has 2 aliphatic rings. The molecule has 1 saturated carbocycles. The number of rotatable bonds is 7. The topological polar surface area (TPSA) is 55.4 Å². The Morgan fingerprint density at radius 2 is 2.04 bits per heavy atom. The first-order chi connectivity index (χ1) is 10.9. The van der Waals surface area contributed by atoms with Crippen LogP contribution in [-0.4, -0.2) is 25.0 Å². The van der Waals surface area contributed by atoms with Gasteiger partial charge in [-0.15, -0.1) is 0 Å². The number of carbonyl (C=O) groups excluding carboxylic acids is 2. The molecule has 2 rings (SSSR count). The number of ether oxygens (including phenoxy) is 1. The number of carbonyl (C=O) groups is 2. The van der Waals surface area contributed by atoms with Crippen LogP contribution in [0.15, 0.2) is 11.6 Å². The minimum absolute atomic E-state index is 0.103. The van der Waals surface area contributed by atoms with Crippen molar-refractivity contribution in [3.05, 3.63) is 11.6 Å². The molecule has 0 aliphatic heterocycles. The standard InChI is InChI=1S/C19H31NO3/c1-5-23-18(21)10-15-9-17(12(2)3)16(8-13(15)4)11-20-19(22)14-6-7-14/h8,12,14-17H,5-7,9-11H2,1-4H3,(H,20,22)/t15-,16-,17-/m0/s1. The van der Waals surface area contributed by atoms with Crippen molar-refractivity contribution < 1.29 is 14.3 Å². The van der Waals surface area contributed by atoms with Gasteiger partial charge in [0.05, 0.1) is 13.0 Å². The first-order valence-corrected chi connectivity index (χ1v) is 9.04. The van der Waals surface area contributed by atoms with E-state index in [1.807, 2.05) is 6.92 Å². The van der Waals surface area contributed by atoms with Crippen molar-refractivity contribution in [1.29, 1.82) is 0 Å². The minimum Gasteiger partial charge on any atom is -0.466 e. The molecule has 1 amide bonds. The zero-order valence-corrected chi connectivity index (χ0v) is 14.9. The Kier molecular flexibility index (Phi) is 6.25. The largest absolute Gasteiger partial charge is 0.466 e. The Bertz CT molecular complexity index is 465. The third-order valence-electron chi connectivity index (χ3n) is 5.26. The molecule has 3 atom stereocenters. The summed E-state index contributed by atoms with van der Waals surface area (Å²) in [6, 6.07) is 0. The Morgan fingerprint density at radius 1 is 1.35 bits per heavy atom. The maximum absolute atomic E-state index is 11.9. The highest BCUT2D eigenvalue weighted by molar-refractivity contribution is 5.80. The van der Waals surface area contributed by atoms with Gasteiger partial charge in [-0.05, 0) is 56.8 Å². The summed E-state index contributed by atoms with van der Waals surface area (Å²) in [5, 5.41) is 3.12. The van der Waals surface area contributed by atoms with Crippen LogP contribution in [0.4, 0.5) is 0 Å². The third kappa shape index (κ3) is 5.08. The minimum atomic E-state index is -0.103. The molecule has 0 aromatic heterocycles. The fraction of sp³-hybridized carbons (Fsp3) is 0.789. The predicted octanol–water partition coefficient (Wildman–Crippen LogP) is 3.32. The van der Waals surface area contributed by atoms with Gasteiger partial charge in [0.2, 0.25) is 5.91 Å². The number of hydrogen-bond acceptors (Lipinski definition) is 3. The highest BCUT2D eigenvalue weighted by Crippen LogP contribution is 2.39. The van der Waals surface area contributed by atoms with E-state index in [9.17, 15) is 9.59 Å². The zero-order valence-electron chi connectivity index (χ0n) is 14.9. The van der Waals surface area contributed by atoms with Crippen LogP contribution in [0.3, 0.4) is 0 Å². The number of hydrogen-bond donors (Lipinski definition) is 1. The molecule has 4 heteroatoms. The van der Waals surface area contributed by atoms with Crippen molar-refractivity contribution in [2.24, 2.45) is 29.6 Å².